The minimum atomic E-state index is -0.918. The summed E-state index contributed by atoms with van der Waals surface area (Å²) in [6.45, 7) is 6.44. The molecule has 0 bridgehead atoms. The molecule has 0 aromatic carbocycles. The van der Waals surface area contributed by atoms with E-state index in [0.717, 1.165) is 0 Å². The number of rotatable bonds is 3. The Morgan fingerprint density at radius 2 is 1.00 bits per heavy atom. The molecule has 0 fully saturated rings. The van der Waals surface area contributed by atoms with E-state index in [0.29, 0.717) is 0 Å². The highest BCUT2D eigenvalue weighted by Gasteiger charge is 2.46. The fourth-order valence-electron chi connectivity index (χ4n) is 0.616. The van der Waals surface area contributed by atoms with Crippen LogP contribution in [0.3, 0.4) is 0 Å². The van der Waals surface area contributed by atoms with Gasteiger partial charge in [0.2, 0.25) is 11.8 Å². The molecule has 12 heavy (non-hydrogen) atoms. The van der Waals surface area contributed by atoms with Gasteiger partial charge in [0, 0.05) is 0 Å². The van der Waals surface area contributed by atoms with Crippen molar-refractivity contribution in [1.29, 1.82) is 0 Å². The molecule has 4 heteroatoms. The van der Waals surface area contributed by atoms with Gasteiger partial charge in [-0.2, -0.15) is 0 Å². The Hall–Kier alpha value is -1.06. The predicted molar refractivity (Wildman–Crippen MR) is 46.0 cm³/mol. The van der Waals surface area contributed by atoms with Crippen LogP contribution in [0.4, 0.5) is 0 Å². The summed E-state index contributed by atoms with van der Waals surface area (Å²) in [5.41, 5.74) is 8.46. The summed E-state index contributed by atoms with van der Waals surface area (Å²) in [4.78, 5) is 22.0. The lowest BCUT2D eigenvalue weighted by Gasteiger charge is -2.35. The third-order valence-electron chi connectivity index (χ3n) is 2.79. The molecule has 0 rings (SSSR count). The Kier molecular flexibility index (Phi) is 2.52. The summed E-state index contributed by atoms with van der Waals surface area (Å²) in [7, 11) is 0. The van der Waals surface area contributed by atoms with Gasteiger partial charge in [-0.3, -0.25) is 9.59 Å². The van der Waals surface area contributed by atoms with Crippen molar-refractivity contribution in [2.24, 2.45) is 22.3 Å². The van der Waals surface area contributed by atoms with E-state index in [9.17, 15) is 9.59 Å². The lowest BCUT2D eigenvalue weighted by atomic mass is 9.67. The number of hydrogen-bond acceptors (Lipinski definition) is 2. The molecular weight excluding hydrogens is 156 g/mol. The van der Waals surface area contributed by atoms with Crippen molar-refractivity contribution in [3.63, 3.8) is 0 Å². The molecule has 0 aliphatic rings. The Bertz CT molecular complexity index is 195. The van der Waals surface area contributed by atoms with Gasteiger partial charge < -0.3 is 11.5 Å². The number of primary amides is 2. The third kappa shape index (κ3) is 1.42. The second-order valence-corrected chi connectivity index (χ2v) is 3.98. The van der Waals surface area contributed by atoms with Crippen molar-refractivity contribution in [2.75, 3.05) is 0 Å². The van der Waals surface area contributed by atoms with Gasteiger partial charge in [-0.1, -0.05) is 27.7 Å². The first kappa shape index (κ1) is 10.9. The van der Waals surface area contributed by atoms with Crippen LogP contribution in [0.1, 0.15) is 27.7 Å². The minimum absolute atomic E-state index is 0.522. The molecule has 0 unspecified atom stereocenters. The average molecular weight is 172 g/mol. The molecule has 70 valence electrons. The molecule has 2 amide bonds. The van der Waals surface area contributed by atoms with E-state index in [1.165, 1.54) is 0 Å². The first-order valence-electron chi connectivity index (χ1n) is 3.74. The van der Waals surface area contributed by atoms with Gasteiger partial charge in [0.25, 0.3) is 0 Å². The zero-order valence-corrected chi connectivity index (χ0v) is 7.97. The van der Waals surface area contributed by atoms with Crippen LogP contribution in [0.2, 0.25) is 0 Å². The summed E-state index contributed by atoms with van der Waals surface area (Å²) >= 11 is 0. The van der Waals surface area contributed by atoms with Gasteiger partial charge in [-0.25, -0.2) is 0 Å². The average Bonchev–Trinajstić information content (AvgIpc) is 1.86. The summed E-state index contributed by atoms with van der Waals surface area (Å²) < 4.78 is 0. The second kappa shape index (κ2) is 2.77. The van der Waals surface area contributed by atoms with Gasteiger partial charge in [0.05, 0.1) is 10.8 Å². The molecule has 0 atom stereocenters. The maximum atomic E-state index is 11.0. The van der Waals surface area contributed by atoms with E-state index >= 15 is 0 Å². The normalized spacial score (nSPS) is 12.7. The SMILES string of the molecule is CC(C)(C(N)=O)C(C)(C)C(N)=O. The van der Waals surface area contributed by atoms with Gasteiger partial charge >= 0.3 is 0 Å². The van der Waals surface area contributed by atoms with Gasteiger partial charge in [0.15, 0.2) is 0 Å². The first-order valence-corrected chi connectivity index (χ1v) is 3.74. The fourth-order valence-corrected chi connectivity index (χ4v) is 0.616. The van der Waals surface area contributed by atoms with Crippen LogP contribution >= 0.6 is 0 Å². The van der Waals surface area contributed by atoms with E-state index in [-0.39, 0.29) is 0 Å². The second-order valence-electron chi connectivity index (χ2n) is 3.98. The van der Waals surface area contributed by atoms with Crippen molar-refractivity contribution < 1.29 is 9.59 Å². The molecular formula is C8H16N2O2. The summed E-state index contributed by atoms with van der Waals surface area (Å²) in [5, 5.41) is 0. The molecule has 0 aliphatic heterocycles. The maximum absolute atomic E-state index is 11.0. The number of nitrogens with two attached hydrogens (primary N) is 2. The lowest BCUT2D eigenvalue weighted by molar-refractivity contribution is -0.143. The van der Waals surface area contributed by atoms with Gasteiger partial charge in [-0.15, -0.1) is 0 Å². The zero-order valence-electron chi connectivity index (χ0n) is 7.97. The van der Waals surface area contributed by atoms with Crippen LogP contribution < -0.4 is 11.5 Å². The van der Waals surface area contributed by atoms with Crippen molar-refractivity contribution in [3.8, 4) is 0 Å². The Morgan fingerprint density at radius 1 is 0.833 bits per heavy atom. The molecule has 0 spiro atoms. The number of hydrogen-bond donors (Lipinski definition) is 2. The molecule has 0 aliphatic carbocycles. The quantitative estimate of drug-likeness (QED) is 0.628. The van der Waals surface area contributed by atoms with Crippen molar-refractivity contribution in [2.45, 2.75) is 27.7 Å². The van der Waals surface area contributed by atoms with Crippen molar-refractivity contribution in [3.05, 3.63) is 0 Å². The molecule has 0 radical (unpaired) electrons. The van der Waals surface area contributed by atoms with Crippen LogP contribution in [-0.2, 0) is 9.59 Å². The highest BCUT2D eigenvalue weighted by atomic mass is 16.2. The molecule has 4 N–H and O–H groups in total. The number of carbonyl (C=O) groups excluding carboxylic acids is 2. The largest absolute Gasteiger partial charge is 0.369 e. The Balaban J connectivity index is 5.01. The highest BCUT2D eigenvalue weighted by molar-refractivity contribution is 5.90. The van der Waals surface area contributed by atoms with Crippen LogP contribution in [0, 0.1) is 10.8 Å². The fraction of sp³-hybridized carbons (Fsp3) is 0.750. The van der Waals surface area contributed by atoms with E-state index in [4.69, 9.17) is 11.5 Å². The molecule has 0 saturated carbocycles. The lowest BCUT2D eigenvalue weighted by Crippen LogP contribution is -2.50. The number of carbonyl (C=O) groups is 2. The number of amides is 2. The van der Waals surface area contributed by atoms with Crippen LogP contribution in [-0.4, -0.2) is 11.8 Å². The molecule has 0 aromatic heterocycles. The van der Waals surface area contributed by atoms with E-state index < -0.39 is 22.6 Å². The Labute approximate surface area is 72.3 Å². The maximum Gasteiger partial charge on any atom is 0.224 e. The smallest absolute Gasteiger partial charge is 0.224 e. The summed E-state index contributed by atoms with van der Waals surface area (Å²) in [6, 6.07) is 0. The third-order valence-corrected chi connectivity index (χ3v) is 2.79. The molecule has 0 heterocycles. The molecule has 0 aromatic rings. The standard InChI is InChI=1S/C8H16N2O2/c1-7(2,5(9)11)8(3,4)6(10)12/h1-4H3,(H2,9,11)(H2,10,12). The molecule has 0 saturated heterocycles. The topological polar surface area (TPSA) is 86.2 Å². The monoisotopic (exact) mass is 172 g/mol. The Morgan fingerprint density at radius 3 is 1.08 bits per heavy atom. The molecule has 4 nitrogen and oxygen atoms in total. The van der Waals surface area contributed by atoms with Crippen LogP contribution in [0.25, 0.3) is 0 Å². The summed E-state index contributed by atoms with van der Waals surface area (Å²) in [6.07, 6.45) is 0. The van der Waals surface area contributed by atoms with Gasteiger partial charge in [-0.05, 0) is 0 Å². The first-order chi connectivity index (χ1) is 5.14. The van der Waals surface area contributed by atoms with Crippen LogP contribution in [0.15, 0.2) is 0 Å². The zero-order chi connectivity index (χ0) is 10.2. The van der Waals surface area contributed by atoms with E-state index in [1.807, 2.05) is 0 Å². The summed E-state index contributed by atoms with van der Waals surface area (Å²) in [5.74, 6) is -1.04. The highest BCUT2D eigenvalue weighted by Crippen LogP contribution is 2.37. The minimum Gasteiger partial charge on any atom is -0.369 e. The van der Waals surface area contributed by atoms with Crippen molar-refractivity contribution >= 4 is 11.8 Å². The van der Waals surface area contributed by atoms with Crippen LogP contribution in [0.5, 0.6) is 0 Å². The van der Waals surface area contributed by atoms with Gasteiger partial charge in [0.1, 0.15) is 0 Å². The van der Waals surface area contributed by atoms with E-state index in [2.05, 4.69) is 0 Å². The predicted octanol–water partition coefficient (Wildman–Crippen LogP) is 0.00940. The van der Waals surface area contributed by atoms with Crippen molar-refractivity contribution in [1.82, 2.24) is 0 Å². The van der Waals surface area contributed by atoms with E-state index in [1.54, 1.807) is 27.7 Å².